The molecular formula is C26H27BrN2O2S. The predicted molar refractivity (Wildman–Crippen MR) is 136 cm³/mol. The van der Waals surface area contributed by atoms with Crippen LogP contribution in [0.1, 0.15) is 58.3 Å². The van der Waals surface area contributed by atoms with Crippen LogP contribution in [-0.4, -0.2) is 11.8 Å². The lowest BCUT2D eigenvalue weighted by Gasteiger charge is -2.33. The number of carbonyl (C=O) groups excluding carboxylic acids is 2. The van der Waals surface area contributed by atoms with Crippen molar-refractivity contribution in [2.75, 3.05) is 10.6 Å². The largest absolute Gasteiger partial charge is 0.322 e. The first-order chi connectivity index (χ1) is 15.2. The third kappa shape index (κ3) is 4.81. The minimum atomic E-state index is -0.225. The lowest BCUT2D eigenvalue weighted by molar-refractivity contribution is 0.102. The van der Waals surface area contributed by atoms with Crippen molar-refractivity contribution >= 4 is 49.8 Å². The van der Waals surface area contributed by atoms with E-state index in [0.29, 0.717) is 22.0 Å². The Kier molecular flexibility index (Phi) is 6.54. The van der Waals surface area contributed by atoms with E-state index in [0.717, 1.165) is 35.0 Å². The molecule has 4 nitrogen and oxygen atoms in total. The number of hydrogen-bond acceptors (Lipinski definition) is 3. The maximum Gasteiger partial charge on any atom is 0.258 e. The molecule has 0 saturated heterocycles. The van der Waals surface area contributed by atoms with E-state index in [-0.39, 0.29) is 17.2 Å². The number of thiophene rings is 1. The number of rotatable bonds is 4. The average molecular weight is 511 g/mol. The van der Waals surface area contributed by atoms with E-state index in [4.69, 9.17) is 0 Å². The van der Waals surface area contributed by atoms with E-state index in [1.165, 1.54) is 4.88 Å². The molecule has 0 saturated carbocycles. The van der Waals surface area contributed by atoms with Crippen molar-refractivity contribution in [3.8, 4) is 0 Å². The number of anilines is 2. The van der Waals surface area contributed by atoms with Crippen LogP contribution in [-0.2, 0) is 12.8 Å². The van der Waals surface area contributed by atoms with Crippen molar-refractivity contribution in [1.82, 2.24) is 0 Å². The summed E-state index contributed by atoms with van der Waals surface area (Å²) in [6.45, 7) is 6.82. The van der Waals surface area contributed by atoms with E-state index in [1.807, 2.05) is 48.5 Å². The zero-order chi connectivity index (χ0) is 22.9. The highest BCUT2D eigenvalue weighted by Crippen LogP contribution is 2.44. The molecule has 0 spiro atoms. The van der Waals surface area contributed by atoms with Crippen molar-refractivity contribution in [3.63, 3.8) is 0 Å². The molecule has 0 aliphatic heterocycles. The van der Waals surface area contributed by atoms with E-state index in [1.54, 1.807) is 17.4 Å². The van der Waals surface area contributed by atoms with Crippen LogP contribution in [0.5, 0.6) is 0 Å². The van der Waals surface area contributed by atoms with Crippen LogP contribution < -0.4 is 10.6 Å². The van der Waals surface area contributed by atoms with Gasteiger partial charge < -0.3 is 10.6 Å². The fraction of sp³-hybridized carbons (Fsp3) is 0.308. The van der Waals surface area contributed by atoms with Crippen LogP contribution in [0.2, 0.25) is 0 Å². The van der Waals surface area contributed by atoms with Crippen LogP contribution in [0.3, 0.4) is 0 Å². The molecule has 2 N–H and O–H groups in total. The Balaban J connectivity index is 1.70. The zero-order valence-electron chi connectivity index (χ0n) is 18.5. The fourth-order valence-corrected chi connectivity index (χ4v) is 5.97. The monoisotopic (exact) mass is 510 g/mol. The van der Waals surface area contributed by atoms with Gasteiger partial charge in [-0.15, -0.1) is 11.3 Å². The van der Waals surface area contributed by atoms with Gasteiger partial charge in [0.1, 0.15) is 5.00 Å². The van der Waals surface area contributed by atoms with Gasteiger partial charge in [-0.25, -0.2) is 0 Å². The molecule has 6 heteroatoms. The Morgan fingerprint density at radius 1 is 0.969 bits per heavy atom. The molecule has 4 rings (SSSR count). The number of amides is 2. The van der Waals surface area contributed by atoms with E-state index in [9.17, 15) is 9.59 Å². The normalized spacial score (nSPS) is 15.7. The molecule has 1 aliphatic rings. The van der Waals surface area contributed by atoms with Crippen LogP contribution in [0.4, 0.5) is 10.7 Å². The molecule has 3 aromatic rings. The molecule has 0 radical (unpaired) electrons. The minimum absolute atomic E-state index is 0.176. The zero-order valence-corrected chi connectivity index (χ0v) is 20.9. The first-order valence-electron chi connectivity index (χ1n) is 10.8. The van der Waals surface area contributed by atoms with Gasteiger partial charge in [0.15, 0.2) is 0 Å². The number of nitrogens with one attached hydrogen (secondary N) is 2. The van der Waals surface area contributed by atoms with E-state index < -0.39 is 0 Å². The third-order valence-electron chi connectivity index (χ3n) is 6.09. The Labute approximate surface area is 201 Å². The van der Waals surface area contributed by atoms with Gasteiger partial charge in [0.05, 0.1) is 11.1 Å². The van der Waals surface area contributed by atoms with E-state index in [2.05, 4.69) is 47.3 Å². The number of para-hydroxylation sites is 1. The van der Waals surface area contributed by atoms with Gasteiger partial charge in [-0.1, -0.05) is 51.1 Å². The van der Waals surface area contributed by atoms with Crippen molar-refractivity contribution in [3.05, 3.63) is 80.6 Å². The predicted octanol–water partition coefficient (Wildman–Crippen LogP) is 7.17. The highest BCUT2D eigenvalue weighted by atomic mass is 79.9. The minimum Gasteiger partial charge on any atom is -0.322 e. The molecule has 1 aromatic heterocycles. The summed E-state index contributed by atoms with van der Waals surface area (Å²) in [7, 11) is 0. The Hall–Kier alpha value is -2.44. The lowest BCUT2D eigenvalue weighted by atomic mass is 9.72. The topological polar surface area (TPSA) is 58.2 Å². The smallest absolute Gasteiger partial charge is 0.258 e. The molecule has 2 amide bonds. The van der Waals surface area contributed by atoms with Gasteiger partial charge >= 0.3 is 0 Å². The summed E-state index contributed by atoms with van der Waals surface area (Å²) >= 11 is 4.99. The summed E-state index contributed by atoms with van der Waals surface area (Å²) in [5, 5.41) is 6.67. The summed E-state index contributed by atoms with van der Waals surface area (Å²) in [5.74, 6) is 0.146. The van der Waals surface area contributed by atoms with Gasteiger partial charge in [0.2, 0.25) is 0 Å². The first kappa shape index (κ1) is 22.7. The van der Waals surface area contributed by atoms with Crippen molar-refractivity contribution in [2.45, 2.75) is 40.0 Å². The second kappa shape index (κ2) is 9.20. The summed E-state index contributed by atoms with van der Waals surface area (Å²) in [6.07, 6.45) is 2.81. The van der Waals surface area contributed by atoms with Crippen molar-refractivity contribution in [1.29, 1.82) is 0 Å². The second-order valence-electron chi connectivity index (χ2n) is 9.27. The summed E-state index contributed by atoms with van der Waals surface area (Å²) < 4.78 is 0.724. The molecule has 1 unspecified atom stereocenters. The Morgan fingerprint density at radius 2 is 1.66 bits per heavy atom. The molecular weight excluding hydrogens is 484 g/mol. The molecule has 1 atom stereocenters. The lowest BCUT2D eigenvalue weighted by Crippen LogP contribution is -2.27. The SMILES string of the molecule is CC(C)(C)C1CCc2c(sc(NC(=O)c3ccccc3Br)c2C(=O)Nc2ccccc2)C1. The molecule has 32 heavy (non-hydrogen) atoms. The van der Waals surface area contributed by atoms with E-state index >= 15 is 0 Å². The summed E-state index contributed by atoms with van der Waals surface area (Å²) in [4.78, 5) is 27.6. The summed E-state index contributed by atoms with van der Waals surface area (Å²) in [5.41, 5.74) is 3.16. The third-order valence-corrected chi connectivity index (χ3v) is 7.96. The van der Waals surface area contributed by atoms with Crippen LogP contribution in [0.15, 0.2) is 59.1 Å². The fourth-order valence-electron chi connectivity index (χ4n) is 4.18. The number of hydrogen-bond donors (Lipinski definition) is 2. The second-order valence-corrected chi connectivity index (χ2v) is 11.2. The van der Waals surface area contributed by atoms with Crippen LogP contribution >= 0.6 is 27.3 Å². The molecule has 0 fully saturated rings. The van der Waals surface area contributed by atoms with Crippen LogP contribution in [0, 0.1) is 11.3 Å². The summed E-state index contributed by atoms with van der Waals surface area (Å²) in [6, 6.07) is 16.7. The Morgan fingerprint density at radius 3 is 2.34 bits per heavy atom. The molecule has 0 bridgehead atoms. The molecule has 1 heterocycles. The van der Waals surface area contributed by atoms with Gasteiger partial charge in [-0.2, -0.15) is 0 Å². The quantitative estimate of drug-likeness (QED) is 0.390. The maximum atomic E-state index is 13.4. The van der Waals surface area contributed by atoms with Gasteiger partial charge in [0, 0.05) is 15.0 Å². The number of fused-ring (bicyclic) bond motifs is 1. The average Bonchev–Trinajstić information content (AvgIpc) is 3.11. The van der Waals surface area contributed by atoms with Gasteiger partial charge in [-0.3, -0.25) is 9.59 Å². The van der Waals surface area contributed by atoms with Gasteiger partial charge in [-0.05, 0) is 76.4 Å². The highest BCUT2D eigenvalue weighted by molar-refractivity contribution is 9.10. The van der Waals surface area contributed by atoms with Crippen LogP contribution in [0.25, 0.3) is 0 Å². The van der Waals surface area contributed by atoms with Crippen molar-refractivity contribution in [2.24, 2.45) is 11.3 Å². The molecule has 166 valence electrons. The van der Waals surface area contributed by atoms with Gasteiger partial charge in [0.25, 0.3) is 11.8 Å². The molecule has 2 aromatic carbocycles. The maximum absolute atomic E-state index is 13.4. The first-order valence-corrected chi connectivity index (χ1v) is 12.4. The highest BCUT2D eigenvalue weighted by Gasteiger charge is 2.34. The standard InChI is InChI=1S/C26H27BrN2O2S/c1-26(2,3)16-13-14-19-21(15-16)32-25(29-23(30)18-11-7-8-12-20(18)27)22(19)24(31)28-17-9-5-4-6-10-17/h4-12,16H,13-15H2,1-3H3,(H,28,31)(H,29,30). The number of benzene rings is 2. The molecule has 1 aliphatic carbocycles. The number of carbonyl (C=O) groups is 2. The Bertz CT molecular complexity index is 1150. The van der Waals surface area contributed by atoms with Crippen molar-refractivity contribution < 1.29 is 9.59 Å². The number of halogens is 1.